The van der Waals surface area contributed by atoms with Crippen molar-refractivity contribution in [1.29, 1.82) is 0 Å². The largest absolute Gasteiger partial charge is 0.389 e. The smallest absolute Gasteiger partial charge is 0.0746 e. The van der Waals surface area contributed by atoms with E-state index in [9.17, 15) is 5.11 Å². The highest BCUT2D eigenvalue weighted by molar-refractivity contribution is 4.89. The lowest BCUT2D eigenvalue weighted by atomic mass is 9.87. The average Bonchev–Trinajstić information content (AvgIpc) is 2.28. The molecular formula is C13H26N2O. The fourth-order valence-electron chi connectivity index (χ4n) is 3.30. The molecule has 1 saturated heterocycles. The van der Waals surface area contributed by atoms with Crippen LogP contribution in [0.2, 0.25) is 0 Å². The Morgan fingerprint density at radius 2 is 1.94 bits per heavy atom. The first-order valence-corrected chi connectivity index (χ1v) is 6.74. The fraction of sp³-hybridized carbons (Fsp3) is 1.00. The van der Waals surface area contributed by atoms with Gasteiger partial charge in [0.05, 0.1) is 5.60 Å². The Morgan fingerprint density at radius 1 is 1.25 bits per heavy atom. The summed E-state index contributed by atoms with van der Waals surface area (Å²) in [4.78, 5) is 2.52. The van der Waals surface area contributed by atoms with Gasteiger partial charge in [-0.15, -0.1) is 0 Å². The van der Waals surface area contributed by atoms with Gasteiger partial charge in [-0.1, -0.05) is 0 Å². The summed E-state index contributed by atoms with van der Waals surface area (Å²) in [5, 5.41) is 13.5. The molecule has 3 heteroatoms. The molecule has 2 N–H and O–H groups in total. The van der Waals surface area contributed by atoms with E-state index < -0.39 is 5.60 Å². The Morgan fingerprint density at radius 3 is 2.50 bits per heavy atom. The van der Waals surface area contributed by atoms with E-state index in [-0.39, 0.29) is 0 Å². The number of aliphatic hydroxyl groups is 1. The third-order valence-corrected chi connectivity index (χ3v) is 4.33. The van der Waals surface area contributed by atoms with Crippen LogP contribution in [-0.2, 0) is 0 Å². The summed E-state index contributed by atoms with van der Waals surface area (Å²) < 4.78 is 0. The third-order valence-electron chi connectivity index (χ3n) is 4.33. The maximum absolute atomic E-state index is 10.1. The van der Waals surface area contributed by atoms with Crippen molar-refractivity contribution in [2.75, 3.05) is 20.1 Å². The molecule has 94 valence electrons. The van der Waals surface area contributed by atoms with Gasteiger partial charge in [0.15, 0.2) is 0 Å². The van der Waals surface area contributed by atoms with Crippen LogP contribution in [-0.4, -0.2) is 47.8 Å². The minimum atomic E-state index is -0.446. The van der Waals surface area contributed by atoms with Gasteiger partial charge >= 0.3 is 0 Å². The van der Waals surface area contributed by atoms with Crippen molar-refractivity contribution in [3.8, 4) is 0 Å². The SMILES string of the molecule is CNC1CCC(N2CCCC(C)(O)C2)CC1. The van der Waals surface area contributed by atoms with Crippen molar-refractivity contribution in [3.05, 3.63) is 0 Å². The normalized spacial score (nSPS) is 42.2. The second kappa shape index (κ2) is 5.03. The minimum Gasteiger partial charge on any atom is -0.389 e. The van der Waals surface area contributed by atoms with Crippen molar-refractivity contribution >= 4 is 0 Å². The third kappa shape index (κ3) is 2.96. The molecular weight excluding hydrogens is 200 g/mol. The molecule has 1 heterocycles. The van der Waals surface area contributed by atoms with Gasteiger partial charge in [-0.2, -0.15) is 0 Å². The van der Waals surface area contributed by atoms with E-state index in [1.165, 1.54) is 32.2 Å². The Labute approximate surface area is 99.2 Å². The van der Waals surface area contributed by atoms with E-state index in [4.69, 9.17) is 0 Å². The van der Waals surface area contributed by atoms with Crippen LogP contribution in [0.1, 0.15) is 45.4 Å². The molecule has 2 fully saturated rings. The Kier molecular flexibility index (Phi) is 3.88. The molecule has 1 aliphatic heterocycles. The van der Waals surface area contributed by atoms with Gasteiger partial charge in [0.2, 0.25) is 0 Å². The zero-order valence-corrected chi connectivity index (χ0v) is 10.7. The monoisotopic (exact) mass is 226 g/mol. The van der Waals surface area contributed by atoms with Crippen LogP contribution < -0.4 is 5.32 Å². The van der Waals surface area contributed by atoms with Crippen LogP contribution in [0.4, 0.5) is 0 Å². The molecule has 0 radical (unpaired) electrons. The van der Waals surface area contributed by atoms with Gasteiger partial charge < -0.3 is 10.4 Å². The summed E-state index contributed by atoms with van der Waals surface area (Å²) in [6.07, 6.45) is 7.29. The number of β-amino-alcohol motifs (C(OH)–C–C–N with tert-alkyl or cyclic N) is 1. The van der Waals surface area contributed by atoms with Gasteiger partial charge in [0, 0.05) is 18.6 Å². The van der Waals surface area contributed by atoms with Crippen LogP contribution in [0.25, 0.3) is 0 Å². The van der Waals surface area contributed by atoms with Crippen molar-refractivity contribution in [2.24, 2.45) is 0 Å². The number of hydrogen-bond acceptors (Lipinski definition) is 3. The first kappa shape index (κ1) is 12.3. The zero-order valence-electron chi connectivity index (χ0n) is 10.7. The molecule has 0 aromatic heterocycles. The maximum atomic E-state index is 10.1. The van der Waals surface area contributed by atoms with E-state index in [0.29, 0.717) is 0 Å². The van der Waals surface area contributed by atoms with Crippen LogP contribution >= 0.6 is 0 Å². The van der Waals surface area contributed by atoms with Gasteiger partial charge in [0.25, 0.3) is 0 Å². The molecule has 0 bridgehead atoms. The molecule has 0 aromatic rings. The molecule has 3 nitrogen and oxygen atoms in total. The van der Waals surface area contributed by atoms with Gasteiger partial charge in [-0.25, -0.2) is 0 Å². The second-order valence-electron chi connectivity index (χ2n) is 5.87. The topological polar surface area (TPSA) is 35.5 Å². The van der Waals surface area contributed by atoms with E-state index in [2.05, 4.69) is 17.3 Å². The molecule has 1 unspecified atom stereocenters. The van der Waals surface area contributed by atoms with E-state index in [1.807, 2.05) is 6.92 Å². The lowest BCUT2D eigenvalue weighted by Gasteiger charge is -2.43. The first-order chi connectivity index (χ1) is 7.61. The average molecular weight is 226 g/mol. The lowest BCUT2D eigenvalue weighted by molar-refractivity contribution is -0.0359. The molecule has 16 heavy (non-hydrogen) atoms. The molecule has 1 aliphatic carbocycles. The van der Waals surface area contributed by atoms with Gasteiger partial charge in [0.1, 0.15) is 0 Å². The second-order valence-corrected chi connectivity index (χ2v) is 5.87. The molecule has 2 aliphatic rings. The van der Waals surface area contributed by atoms with Crippen LogP contribution in [0, 0.1) is 0 Å². The van der Waals surface area contributed by atoms with Crippen LogP contribution in [0.15, 0.2) is 0 Å². The number of nitrogens with one attached hydrogen (secondary N) is 1. The van der Waals surface area contributed by atoms with Crippen molar-refractivity contribution in [2.45, 2.75) is 63.1 Å². The fourth-order valence-corrected chi connectivity index (χ4v) is 3.30. The minimum absolute atomic E-state index is 0.446. The molecule has 1 atom stereocenters. The summed E-state index contributed by atoms with van der Waals surface area (Å²) in [6, 6.07) is 1.44. The summed E-state index contributed by atoms with van der Waals surface area (Å²) in [5.41, 5.74) is -0.446. The number of likely N-dealkylation sites (tertiary alicyclic amines) is 1. The summed E-state index contributed by atoms with van der Waals surface area (Å²) in [6.45, 7) is 4.05. The standard InChI is InChI=1S/C13H26N2O/c1-13(16)8-3-9-15(10-13)12-6-4-11(14-2)5-7-12/h11-12,14,16H,3-10H2,1-2H3. The van der Waals surface area contributed by atoms with Crippen molar-refractivity contribution < 1.29 is 5.11 Å². The molecule has 0 spiro atoms. The Balaban J connectivity index is 1.84. The lowest BCUT2D eigenvalue weighted by Crippen LogP contribution is -2.51. The Bertz CT molecular complexity index is 222. The van der Waals surface area contributed by atoms with Crippen LogP contribution in [0.3, 0.4) is 0 Å². The van der Waals surface area contributed by atoms with Gasteiger partial charge in [-0.05, 0) is 59.0 Å². The predicted octanol–water partition coefficient (Wildman–Crippen LogP) is 1.36. The van der Waals surface area contributed by atoms with Crippen molar-refractivity contribution in [3.63, 3.8) is 0 Å². The maximum Gasteiger partial charge on any atom is 0.0746 e. The highest BCUT2D eigenvalue weighted by Crippen LogP contribution is 2.28. The molecule has 2 rings (SSSR count). The zero-order chi connectivity index (χ0) is 11.6. The predicted molar refractivity (Wildman–Crippen MR) is 66.5 cm³/mol. The quantitative estimate of drug-likeness (QED) is 0.746. The van der Waals surface area contributed by atoms with E-state index >= 15 is 0 Å². The van der Waals surface area contributed by atoms with Crippen molar-refractivity contribution in [1.82, 2.24) is 10.2 Å². The van der Waals surface area contributed by atoms with Crippen LogP contribution in [0.5, 0.6) is 0 Å². The molecule has 0 aromatic carbocycles. The van der Waals surface area contributed by atoms with E-state index in [0.717, 1.165) is 31.5 Å². The number of rotatable bonds is 2. The summed E-state index contributed by atoms with van der Waals surface area (Å²) >= 11 is 0. The number of hydrogen-bond donors (Lipinski definition) is 2. The Hall–Kier alpha value is -0.120. The highest BCUT2D eigenvalue weighted by atomic mass is 16.3. The van der Waals surface area contributed by atoms with E-state index in [1.54, 1.807) is 0 Å². The summed E-state index contributed by atoms with van der Waals surface area (Å²) in [7, 11) is 2.07. The first-order valence-electron chi connectivity index (χ1n) is 6.74. The molecule has 0 amide bonds. The summed E-state index contributed by atoms with van der Waals surface area (Å²) in [5.74, 6) is 0. The highest BCUT2D eigenvalue weighted by Gasteiger charge is 2.33. The number of piperidine rings is 1. The van der Waals surface area contributed by atoms with Gasteiger partial charge in [-0.3, -0.25) is 4.90 Å². The number of nitrogens with zero attached hydrogens (tertiary/aromatic N) is 1. The molecule has 1 saturated carbocycles.